The lowest BCUT2D eigenvalue weighted by molar-refractivity contribution is -0.122. The number of amides is 2. The van der Waals surface area contributed by atoms with Gasteiger partial charge in [-0.05, 0) is 31.0 Å². The van der Waals surface area contributed by atoms with Crippen LogP contribution in [-0.2, 0) is 11.2 Å². The first-order valence-corrected chi connectivity index (χ1v) is 7.01. The fourth-order valence-corrected chi connectivity index (χ4v) is 2.72. The van der Waals surface area contributed by atoms with Crippen molar-refractivity contribution in [1.29, 1.82) is 0 Å². The zero-order chi connectivity index (χ0) is 13.8. The molecule has 1 aromatic rings. The molecule has 0 radical (unpaired) electrons. The summed E-state index contributed by atoms with van der Waals surface area (Å²) >= 11 is 1.11. The number of nitrogens with one attached hydrogen (secondary N) is 2. The van der Waals surface area contributed by atoms with Gasteiger partial charge in [0.2, 0.25) is 5.91 Å². The summed E-state index contributed by atoms with van der Waals surface area (Å²) in [5.41, 5.74) is 0.831. The van der Waals surface area contributed by atoms with Crippen LogP contribution in [0.5, 0.6) is 0 Å². The summed E-state index contributed by atoms with van der Waals surface area (Å²) in [6.07, 6.45) is 0.553. The maximum absolute atomic E-state index is 13.0. The van der Waals surface area contributed by atoms with Crippen LogP contribution >= 0.6 is 11.8 Å². The third-order valence-corrected chi connectivity index (χ3v) is 3.69. The molecule has 6 heteroatoms. The summed E-state index contributed by atoms with van der Waals surface area (Å²) in [6, 6.07) is 5.73. The first-order valence-electron chi connectivity index (χ1n) is 6.02. The Hall–Kier alpha value is -1.56. The van der Waals surface area contributed by atoms with Crippen LogP contribution in [-0.4, -0.2) is 29.0 Å². The zero-order valence-electron chi connectivity index (χ0n) is 10.5. The average molecular weight is 282 g/mol. The molecule has 1 fully saturated rings. The summed E-state index contributed by atoms with van der Waals surface area (Å²) in [7, 11) is 0. The molecule has 0 unspecified atom stereocenters. The molecule has 2 N–H and O–H groups in total. The number of halogens is 1. The predicted molar refractivity (Wildman–Crippen MR) is 72.5 cm³/mol. The fourth-order valence-electron chi connectivity index (χ4n) is 1.94. The van der Waals surface area contributed by atoms with Gasteiger partial charge in [-0.2, -0.15) is 0 Å². The fraction of sp³-hybridized carbons (Fsp3) is 0.385. The Morgan fingerprint density at radius 2 is 2.42 bits per heavy atom. The quantitative estimate of drug-likeness (QED) is 0.883. The minimum Gasteiger partial charge on any atom is -0.352 e. The third kappa shape index (κ3) is 3.96. The van der Waals surface area contributed by atoms with Crippen molar-refractivity contribution in [3.8, 4) is 0 Å². The Morgan fingerprint density at radius 3 is 3.05 bits per heavy atom. The number of hydrogen-bond donors (Lipinski definition) is 2. The Bertz CT molecular complexity index is 495. The lowest BCUT2D eigenvalue weighted by atomic mass is 10.1. The molecule has 1 saturated heterocycles. The second kappa shape index (κ2) is 6.06. The molecule has 1 heterocycles. The molecule has 0 aromatic heterocycles. The van der Waals surface area contributed by atoms with Crippen molar-refractivity contribution in [2.45, 2.75) is 25.4 Å². The minimum atomic E-state index is -0.465. The molecule has 0 bridgehead atoms. The minimum absolute atomic E-state index is 0.114. The summed E-state index contributed by atoms with van der Waals surface area (Å²) < 4.78 is 13.0. The van der Waals surface area contributed by atoms with Gasteiger partial charge in [-0.25, -0.2) is 4.39 Å². The number of hydrogen-bond acceptors (Lipinski definition) is 3. The highest BCUT2D eigenvalue weighted by atomic mass is 32.2. The van der Waals surface area contributed by atoms with E-state index in [9.17, 15) is 14.0 Å². The van der Waals surface area contributed by atoms with Crippen molar-refractivity contribution < 1.29 is 14.0 Å². The van der Waals surface area contributed by atoms with E-state index in [2.05, 4.69) is 10.6 Å². The van der Waals surface area contributed by atoms with Gasteiger partial charge in [0.1, 0.15) is 11.9 Å². The van der Waals surface area contributed by atoms with Crippen molar-refractivity contribution in [1.82, 2.24) is 10.6 Å². The molecule has 0 saturated carbocycles. The van der Waals surface area contributed by atoms with Crippen LogP contribution in [0.25, 0.3) is 0 Å². The van der Waals surface area contributed by atoms with Crippen LogP contribution < -0.4 is 10.6 Å². The number of carbonyl (C=O) groups is 2. The van der Waals surface area contributed by atoms with Gasteiger partial charge in [-0.1, -0.05) is 23.9 Å². The van der Waals surface area contributed by atoms with Crippen molar-refractivity contribution >= 4 is 22.9 Å². The van der Waals surface area contributed by atoms with Gasteiger partial charge >= 0.3 is 0 Å². The molecule has 2 atom stereocenters. The van der Waals surface area contributed by atoms with E-state index in [1.807, 2.05) is 13.0 Å². The van der Waals surface area contributed by atoms with E-state index in [4.69, 9.17) is 0 Å². The van der Waals surface area contributed by atoms with E-state index in [1.54, 1.807) is 6.07 Å². The maximum Gasteiger partial charge on any atom is 0.279 e. The number of carbonyl (C=O) groups excluding carboxylic acids is 2. The van der Waals surface area contributed by atoms with E-state index in [0.717, 1.165) is 17.3 Å². The van der Waals surface area contributed by atoms with Crippen molar-refractivity contribution in [3.63, 3.8) is 0 Å². The lowest BCUT2D eigenvalue weighted by Gasteiger charge is -2.16. The zero-order valence-corrected chi connectivity index (χ0v) is 11.3. The van der Waals surface area contributed by atoms with Crippen LogP contribution in [0.4, 0.5) is 9.18 Å². The van der Waals surface area contributed by atoms with Crippen molar-refractivity contribution in [3.05, 3.63) is 35.6 Å². The molecular formula is C13H15FN2O2S. The highest BCUT2D eigenvalue weighted by Gasteiger charge is 2.28. The Labute approximate surface area is 115 Å². The first kappa shape index (κ1) is 13.9. The largest absolute Gasteiger partial charge is 0.352 e. The van der Waals surface area contributed by atoms with Crippen molar-refractivity contribution in [2.75, 3.05) is 5.75 Å². The highest BCUT2D eigenvalue weighted by molar-refractivity contribution is 8.14. The molecular weight excluding hydrogens is 267 g/mol. The van der Waals surface area contributed by atoms with E-state index < -0.39 is 6.04 Å². The third-order valence-electron chi connectivity index (χ3n) is 2.81. The monoisotopic (exact) mass is 282 g/mol. The van der Waals surface area contributed by atoms with Crippen LogP contribution in [0.3, 0.4) is 0 Å². The second-order valence-corrected chi connectivity index (χ2v) is 5.53. The van der Waals surface area contributed by atoms with Gasteiger partial charge in [0.05, 0.1) is 0 Å². The van der Waals surface area contributed by atoms with Crippen LogP contribution in [0.1, 0.15) is 12.5 Å². The highest BCUT2D eigenvalue weighted by Crippen LogP contribution is 2.13. The summed E-state index contributed by atoms with van der Waals surface area (Å²) in [4.78, 5) is 22.8. The molecule has 0 spiro atoms. The number of benzene rings is 1. The molecule has 2 rings (SSSR count). The Balaban J connectivity index is 1.85. The molecule has 1 aliphatic rings. The average Bonchev–Trinajstić information content (AvgIpc) is 2.75. The Morgan fingerprint density at radius 1 is 1.63 bits per heavy atom. The van der Waals surface area contributed by atoms with E-state index in [1.165, 1.54) is 12.1 Å². The van der Waals surface area contributed by atoms with Gasteiger partial charge < -0.3 is 10.6 Å². The van der Waals surface area contributed by atoms with Crippen LogP contribution in [0.2, 0.25) is 0 Å². The molecule has 0 aliphatic carbocycles. The SMILES string of the molecule is C[C@@H](Cc1cccc(F)c1)NC(=O)[C@@H]1CSC(=O)N1. The summed E-state index contributed by atoms with van der Waals surface area (Å²) in [5.74, 6) is -0.0186. The van der Waals surface area contributed by atoms with E-state index >= 15 is 0 Å². The normalized spacial score (nSPS) is 19.9. The molecule has 4 nitrogen and oxygen atoms in total. The molecule has 1 aliphatic heterocycles. The molecule has 102 valence electrons. The van der Waals surface area contributed by atoms with Crippen LogP contribution in [0.15, 0.2) is 24.3 Å². The first-order chi connectivity index (χ1) is 9.04. The summed E-state index contributed by atoms with van der Waals surface area (Å²) in [5, 5.41) is 5.24. The van der Waals surface area contributed by atoms with Crippen molar-refractivity contribution in [2.24, 2.45) is 0 Å². The van der Waals surface area contributed by atoms with Crippen LogP contribution in [0, 0.1) is 5.82 Å². The number of rotatable bonds is 4. The standard InChI is InChI=1S/C13H15FN2O2S/c1-8(5-9-3-2-4-10(14)6-9)15-12(17)11-7-19-13(18)16-11/h2-4,6,8,11H,5,7H2,1H3,(H,15,17)(H,16,18)/t8-,11-/m0/s1. The predicted octanol–water partition coefficient (Wildman–Crippen LogP) is 1.70. The Kier molecular flexibility index (Phi) is 4.42. The van der Waals surface area contributed by atoms with Gasteiger partial charge in [0, 0.05) is 11.8 Å². The van der Waals surface area contributed by atoms with Gasteiger partial charge in [0.15, 0.2) is 0 Å². The molecule has 19 heavy (non-hydrogen) atoms. The molecule has 2 amide bonds. The molecule has 1 aromatic carbocycles. The maximum atomic E-state index is 13.0. The lowest BCUT2D eigenvalue weighted by Crippen LogP contribution is -2.46. The second-order valence-electron chi connectivity index (χ2n) is 4.54. The summed E-state index contributed by atoms with van der Waals surface area (Å²) in [6.45, 7) is 1.85. The smallest absolute Gasteiger partial charge is 0.279 e. The van der Waals surface area contributed by atoms with Gasteiger partial charge in [-0.3, -0.25) is 9.59 Å². The topological polar surface area (TPSA) is 58.2 Å². The van der Waals surface area contributed by atoms with E-state index in [-0.39, 0.29) is 23.0 Å². The van der Waals surface area contributed by atoms with Gasteiger partial charge in [0.25, 0.3) is 5.24 Å². The number of thioether (sulfide) groups is 1. The van der Waals surface area contributed by atoms with Gasteiger partial charge in [-0.15, -0.1) is 0 Å². The van der Waals surface area contributed by atoms with E-state index in [0.29, 0.717) is 12.2 Å².